The smallest absolute Gasteiger partial charge is 0.230 e. The van der Waals surface area contributed by atoms with Gasteiger partial charge in [-0.2, -0.15) is 4.90 Å². The molecule has 0 saturated carbocycles. The Morgan fingerprint density at radius 3 is 2.50 bits per heavy atom. The van der Waals surface area contributed by atoms with E-state index in [0.29, 0.717) is 16.3 Å². The maximum atomic E-state index is 10.9. The second-order valence-corrected chi connectivity index (χ2v) is 3.99. The summed E-state index contributed by atoms with van der Waals surface area (Å²) in [7, 11) is 0. The van der Waals surface area contributed by atoms with Gasteiger partial charge in [-0.05, 0) is 24.3 Å². The summed E-state index contributed by atoms with van der Waals surface area (Å²) < 4.78 is 0. The summed E-state index contributed by atoms with van der Waals surface area (Å²) in [4.78, 5) is -0.426. The molecular weight excluding hydrogens is 252 g/mol. The lowest BCUT2D eigenvalue weighted by atomic mass is 10.0. The maximum Gasteiger partial charge on any atom is 0.230 e. The largest absolute Gasteiger partial charge is 0.612 e. The summed E-state index contributed by atoms with van der Waals surface area (Å²) in [5.74, 6) is 0. The summed E-state index contributed by atoms with van der Waals surface area (Å²) in [5, 5.41) is 25.1. The standard InChI is InChI=1S/C13H10ClN2O2/c14-11(12-6-3-4-8-15-12)9-10-5-1-2-7-13(10)16(17)18/h1-9,15H/q-1. The molecule has 1 heterocycles. The van der Waals surface area contributed by atoms with Crippen molar-refractivity contribution in [2.45, 2.75) is 0 Å². The highest BCUT2D eigenvalue weighted by Gasteiger charge is 2.11. The van der Waals surface area contributed by atoms with Gasteiger partial charge in [0.1, 0.15) is 0 Å². The third kappa shape index (κ3) is 2.73. The van der Waals surface area contributed by atoms with Crippen molar-refractivity contribution in [1.82, 2.24) is 5.32 Å². The van der Waals surface area contributed by atoms with E-state index < -0.39 is 4.90 Å². The molecule has 18 heavy (non-hydrogen) atoms. The van der Waals surface area contributed by atoms with Crippen LogP contribution in [0.1, 0.15) is 0 Å². The highest BCUT2D eigenvalue weighted by molar-refractivity contribution is 6.32. The molecule has 0 aromatic rings. The van der Waals surface area contributed by atoms with Crippen molar-refractivity contribution in [1.29, 1.82) is 0 Å². The molecule has 0 fully saturated rings. The van der Waals surface area contributed by atoms with Crippen LogP contribution in [-0.2, 0) is 0 Å². The molecule has 1 aliphatic heterocycles. The van der Waals surface area contributed by atoms with Gasteiger partial charge in [0, 0.05) is 17.8 Å². The summed E-state index contributed by atoms with van der Waals surface area (Å²) in [6, 6.07) is 0. The molecule has 0 amide bonds. The Balaban J connectivity index is 2.36. The topological polar surface area (TPSA) is 61.2 Å². The molecule has 0 bridgehead atoms. The number of nitrogens with zero attached hydrogens (tertiary/aromatic N) is 1. The summed E-state index contributed by atoms with van der Waals surface area (Å²) >= 11 is 6.12. The minimum absolute atomic E-state index is 0.0339. The number of hydrogen-bond acceptors (Lipinski definition) is 3. The number of allylic oxidation sites excluding steroid dienone is 10. The first kappa shape index (κ1) is 12.3. The Hall–Kier alpha value is -2.20. The normalized spacial score (nSPS) is 22.3. The van der Waals surface area contributed by atoms with Crippen LogP contribution >= 0.6 is 11.6 Å². The van der Waals surface area contributed by atoms with Crippen molar-refractivity contribution in [3.63, 3.8) is 0 Å². The van der Waals surface area contributed by atoms with Crippen LogP contribution in [0, 0.1) is 10.4 Å². The van der Waals surface area contributed by atoms with Gasteiger partial charge in [0.2, 0.25) is 5.71 Å². The molecule has 0 atom stereocenters. The Morgan fingerprint density at radius 1 is 1.11 bits per heavy atom. The van der Waals surface area contributed by atoms with Crippen LogP contribution in [0.2, 0.25) is 0 Å². The average molecular weight is 262 g/mol. The van der Waals surface area contributed by atoms with E-state index in [0.717, 1.165) is 0 Å². The van der Waals surface area contributed by atoms with Crippen LogP contribution in [0.25, 0.3) is 0 Å². The predicted molar refractivity (Wildman–Crippen MR) is 72.7 cm³/mol. The molecule has 0 aromatic heterocycles. The number of rotatable bonds is 1. The van der Waals surface area contributed by atoms with E-state index in [9.17, 15) is 10.4 Å². The first-order valence-electron chi connectivity index (χ1n) is 5.26. The molecule has 2 rings (SSSR count). The van der Waals surface area contributed by atoms with Gasteiger partial charge in [-0.25, -0.2) is 0 Å². The Morgan fingerprint density at radius 2 is 1.83 bits per heavy atom. The molecule has 0 aromatic carbocycles. The highest BCUT2D eigenvalue weighted by atomic mass is 35.5. The maximum absolute atomic E-state index is 10.9. The lowest BCUT2D eigenvalue weighted by Crippen LogP contribution is -2.12. The number of nitrogens with one attached hydrogen (secondary N) is 1. The number of hydrogen-bond donors (Lipinski definition) is 1. The van der Waals surface area contributed by atoms with Gasteiger partial charge in [0.05, 0.1) is 10.7 Å². The first-order chi connectivity index (χ1) is 8.68. The molecule has 1 aliphatic carbocycles. The van der Waals surface area contributed by atoms with E-state index in [2.05, 4.69) is 5.32 Å². The Kier molecular flexibility index (Phi) is 3.69. The second kappa shape index (κ2) is 5.42. The van der Waals surface area contributed by atoms with Crippen molar-refractivity contribution >= 4 is 17.3 Å². The molecule has 92 valence electrons. The van der Waals surface area contributed by atoms with Crippen molar-refractivity contribution in [2.24, 2.45) is 0 Å². The predicted octanol–water partition coefficient (Wildman–Crippen LogP) is 2.61. The van der Waals surface area contributed by atoms with Crippen molar-refractivity contribution in [3.05, 3.63) is 81.5 Å². The van der Waals surface area contributed by atoms with Crippen LogP contribution < -0.4 is 5.32 Å². The van der Waals surface area contributed by atoms with Gasteiger partial charge >= 0.3 is 0 Å². The zero-order valence-corrected chi connectivity index (χ0v) is 10.1. The fraction of sp³-hybridized carbons (Fsp3) is 0. The first-order valence-corrected chi connectivity index (χ1v) is 5.64. The fourth-order valence-electron chi connectivity index (χ4n) is 1.53. The van der Waals surface area contributed by atoms with E-state index in [-0.39, 0.29) is 5.71 Å². The van der Waals surface area contributed by atoms with E-state index in [1.165, 1.54) is 6.08 Å². The van der Waals surface area contributed by atoms with Crippen molar-refractivity contribution < 1.29 is 4.90 Å². The van der Waals surface area contributed by atoms with Gasteiger partial charge in [-0.1, -0.05) is 29.8 Å². The van der Waals surface area contributed by atoms with Gasteiger partial charge in [0.15, 0.2) is 0 Å². The zero-order chi connectivity index (χ0) is 13.0. The third-order valence-corrected chi connectivity index (χ3v) is 2.69. The van der Waals surface area contributed by atoms with Gasteiger partial charge in [0.25, 0.3) is 0 Å². The number of dihydropyridines is 1. The lowest BCUT2D eigenvalue weighted by molar-refractivity contribution is -0.377. The third-order valence-electron chi connectivity index (χ3n) is 2.38. The van der Waals surface area contributed by atoms with E-state index in [1.54, 1.807) is 36.6 Å². The quantitative estimate of drug-likeness (QED) is 0.583. The SMILES string of the molecule is [O-][N+]([O-])=C1C=CC=CC1=CC(Cl)=C1C=CC=CN1. The van der Waals surface area contributed by atoms with Gasteiger partial charge < -0.3 is 15.7 Å². The Bertz CT molecular complexity index is 560. The minimum Gasteiger partial charge on any atom is -0.612 e. The molecule has 0 unspecified atom stereocenters. The van der Waals surface area contributed by atoms with Crippen molar-refractivity contribution in [2.75, 3.05) is 0 Å². The van der Waals surface area contributed by atoms with Gasteiger partial charge in [-0.3, -0.25) is 0 Å². The number of halogens is 1. The van der Waals surface area contributed by atoms with Crippen LogP contribution in [-0.4, -0.2) is 10.6 Å². The molecule has 2 aliphatic rings. The van der Waals surface area contributed by atoms with Gasteiger partial charge in [-0.15, -0.1) is 0 Å². The average Bonchev–Trinajstić information content (AvgIpc) is 2.40. The van der Waals surface area contributed by atoms with E-state index >= 15 is 0 Å². The van der Waals surface area contributed by atoms with E-state index in [1.807, 2.05) is 12.2 Å². The van der Waals surface area contributed by atoms with Crippen LogP contribution in [0.4, 0.5) is 0 Å². The monoisotopic (exact) mass is 261 g/mol. The Labute approximate surface area is 109 Å². The van der Waals surface area contributed by atoms with Crippen LogP contribution in [0.15, 0.2) is 71.1 Å². The minimum atomic E-state index is -0.426. The molecule has 0 saturated heterocycles. The molecular formula is C13H10ClN2O2-. The highest BCUT2D eigenvalue weighted by Crippen LogP contribution is 2.18. The second-order valence-electron chi connectivity index (χ2n) is 3.58. The van der Waals surface area contributed by atoms with Crippen molar-refractivity contribution in [3.8, 4) is 0 Å². The van der Waals surface area contributed by atoms with E-state index in [4.69, 9.17) is 11.6 Å². The molecule has 1 N–H and O–H groups in total. The molecule has 0 spiro atoms. The van der Waals surface area contributed by atoms with Crippen LogP contribution in [0.3, 0.4) is 0 Å². The summed E-state index contributed by atoms with van der Waals surface area (Å²) in [6.45, 7) is 0. The summed E-state index contributed by atoms with van der Waals surface area (Å²) in [5.41, 5.74) is 1.22. The molecule has 4 nitrogen and oxygen atoms in total. The lowest BCUT2D eigenvalue weighted by Gasteiger charge is -2.12. The fourth-order valence-corrected chi connectivity index (χ4v) is 1.77. The summed E-state index contributed by atoms with van der Waals surface area (Å²) in [6.07, 6.45) is 15.2. The molecule has 0 radical (unpaired) electrons. The molecule has 5 heteroatoms. The zero-order valence-electron chi connectivity index (χ0n) is 9.34. The van der Waals surface area contributed by atoms with Crippen LogP contribution in [0.5, 0.6) is 0 Å².